The van der Waals surface area contributed by atoms with E-state index in [1.807, 2.05) is 60.7 Å². The number of nitrogens with zero attached hydrogens (tertiary/aromatic N) is 1. The molecule has 0 saturated heterocycles. The molecule has 7 nitrogen and oxygen atoms in total. The van der Waals surface area contributed by atoms with Gasteiger partial charge in [-0.3, -0.25) is 0 Å². The van der Waals surface area contributed by atoms with Crippen LogP contribution in [0.4, 0.5) is 4.79 Å². The summed E-state index contributed by atoms with van der Waals surface area (Å²) in [5.41, 5.74) is 2.44. The minimum Gasteiger partial charge on any atom is -0.488 e. The Bertz CT molecular complexity index is 1050. The van der Waals surface area contributed by atoms with Gasteiger partial charge in [0.15, 0.2) is 0 Å². The molecule has 32 heavy (non-hydrogen) atoms. The lowest BCUT2D eigenvalue weighted by molar-refractivity contribution is 0.0182. The van der Waals surface area contributed by atoms with Crippen molar-refractivity contribution in [3.8, 4) is 11.8 Å². The van der Waals surface area contributed by atoms with Gasteiger partial charge in [0.2, 0.25) is 0 Å². The first kappa shape index (κ1) is 22.8. The molecule has 0 aromatic heterocycles. The van der Waals surface area contributed by atoms with Crippen molar-refractivity contribution < 1.29 is 24.5 Å². The smallest absolute Gasteiger partial charge is 0.407 e. The highest BCUT2D eigenvalue weighted by molar-refractivity contribution is 5.67. The van der Waals surface area contributed by atoms with E-state index in [1.54, 1.807) is 0 Å². The van der Waals surface area contributed by atoms with Crippen LogP contribution in [0.5, 0.6) is 5.75 Å². The van der Waals surface area contributed by atoms with Gasteiger partial charge in [-0.25, -0.2) is 4.79 Å². The van der Waals surface area contributed by atoms with Gasteiger partial charge in [-0.1, -0.05) is 66.7 Å². The van der Waals surface area contributed by atoms with Crippen LogP contribution >= 0.6 is 0 Å². The van der Waals surface area contributed by atoms with Gasteiger partial charge < -0.3 is 25.0 Å². The topological polar surface area (TPSA) is 112 Å². The second-order valence-corrected chi connectivity index (χ2v) is 7.10. The Labute approximate surface area is 186 Å². The van der Waals surface area contributed by atoms with Crippen LogP contribution in [-0.2, 0) is 18.0 Å². The number of carbonyl (C=O) groups is 1. The predicted molar refractivity (Wildman–Crippen MR) is 118 cm³/mol. The van der Waals surface area contributed by atoms with Gasteiger partial charge in [0.05, 0.1) is 5.56 Å². The zero-order valence-corrected chi connectivity index (χ0v) is 17.3. The number of benzene rings is 3. The van der Waals surface area contributed by atoms with Gasteiger partial charge in [-0.2, -0.15) is 5.26 Å². The highest BCUT2D eigenvalue weighted by Crippen LogP contribution is 2.26. The Morgan fingerprint density at radius 2 is 1.56 bits per heavy atom. The average Bonchev–Trinajstić information content (AvgIpc) is 2.85. The van der Waals surface area contributed by atoms with Crippen molar-refractivity contribution in [3.05, 3.63) is 101 Å². The van der Waals surface area contributed by atoms with Crippen molar-refractivity contribution >= 4 is 6.09 Å². The van der Waals surface area contributed by atoms with E-state index in [-0.39, 0.29) is 19.8 Å². The maximum Gasteiger partial charge on any atom is 0.407 e. The van der Waals surface area contributed by atoms with Gasteiger partial charge in [0, 0.05) is 6.54 Å². The van der Waals surface area contributed by atoms with E-state index in [4.69, 9.17) is 9.47 Å². The summed E-state index contributed by atoms with van der Waals surface area (Å²) in [5, 5.41) is 32.6. The highest BCUT2D eigenvalue weighted by atomic mass is 16.5. The van der Waals surface area contributed by atoms with Crippen molar-refractivity contribution in [2.75, 3.05) is 6.54 Å². The maximum atomic E-state index is 11.9. The van der Waals surface area contributed by atoms with Crippen molar-refractivity contribution in [3.63, 3.8) is 0 Å². The van der Waals surface area contributed by atoms with Gasteiger partial charge in [0.1, 0.15) is 37.2 Å². The molecule has 2 atom stereocenters. The quantitative estimate of drug-likeness (QED) is 0.477. The monoisotopic (exact) mass is 432 g/mol. The number of aliphatic hydroxyl groups is 2. The fourth-order valence-corrected chi connectivity index (χ4v) is 2.97. The molecule has 0 aliphatic carbocycles. The molecule has 0 spiro atoms. The van der Waals surface area contributed by atoms with E-state index in [9.17, 15) is 20.3 Å². The Balaban J connectivity index is 1.55. The van der Waals surface area contributed by atoms with E-state index in [0.29, 0.717) is 16.9 Å². The fourth-order valence-electron chi connectivity index (χ4n) is 2.97. The summed E-state index contributed by atoms with van der Waals surface area (Å²) in [7, 11) is 0. The molecular weight excluding hydrogens is 408 g/mol. The number of amides is 1. The molecule has 3 aromatic carbocycles. The number of rotatable bonds is 9. The Morgan fingerprint density at radius 1 is 0.938 bits per heavy atom. The molecule has 0 fully saturated rings. The van der Waals surface area contributed by atoms with E-state index in [1.165, 1.54) is 18.2 Å². The average molecular weight is 432 g/mol. The Kier molecular flexibility index (Phi) is 8.21. The number of aliphatic hydroxyl groups excluding tert-OH is 2. The summed E-state index contributed by atoms with van der Waals surface area (Å²) in [6.07, 6.45) is -3.28. The molecule has 0 saturated carbocycles. The van der Waals surface area contributed by atoms with E-state index < -0.39 is 18.3 Å². The number of hydrogen-bond acceptors (Lipinski definition) is 6. The summed E-state index contributed by atoms with van der Waals surface area (Å²) in [6, 6.07) is 25.3. The minimum atomic E-state index is -1.30. The second-order valence-electron chi connectivity index (χ2n) is 7.10. The molecule has 3 N–H and O–H groups in total. The molecule has 164 valence electrons. The summed E-state index contributed by atoms with van der Waals surface area (Å²) in [6.45, 7) is 0.143. The molecular formula is C25H24N2O5. The van der Waals surface area contributed by atoms with Crippen LogP contribution in [-0.4, -0.2) is 29.0 Å². The highest BCUT2D eigenvalue weighted by Gasteiger charge is 2.21. The van der Waals surface area contributed by atoms with Crippen molar-refractivity contribution in [2.24, 2.45) is 0 Å². The molecule has 3 rings (SSSR count). The number of nitrogens with one attached hydrogen (secondary N) is 1. The first-order valence-electron chi connectivity index (χ1n) is 10.1. The van der Waals surface area contributed by atoms with E-state index in [0.717, 1.165) is 11.1 Å². The third-order valence-electron chi connectivity index (χ3n) is 4.74. The van der Waals surface area contributed by atoms with Gasteiger partial charge in [-0.15, -0.1) is 0 Å². The molecule has 0 heterocycles. The number of ether oxygens (including phenoxy) is 2. The molecule has 0 radical (unpaired) electrons. The summed E-state index contributed by atoms with van der Waals surface area (Å²) in [5.74, 6) is 0.301. The molecule has 0 aliphatic rings. The first-order chi connectivity index (χ1) is 15.6. The van der Waals surface area contributed by atoms with Crippen LogP contribution in [0.1, 0.15) is 28.4 Å². The van der Waals surface area contributed by atoms with Crippen LogP contribution in [0, 0.1) is 11.3 Å². The van der Waals surface area contributed by atoms with Crippen LogP contribution in [0.3, 0.4) is 0 Å². The molecule has 0 bridgehead atoms. The van der Waals surface area contributed by atoms with Crippen LogP contribution in [0.25, 0.3) is 0 Å². The van der Waals surface area contributed by atoms with E-state index in [2.05, 4.69) is 11.4 Å². The molecule has 1 amide bonds. The van der Waals surface area contributed by atoms with Crippen molar-refractivity contribution in [1.82, 2.24) is 5.32 Å². The van der Waals surface area contributed by atoms with Crippen LogP contribution < -0.4 is 10.1 Å². The lowest BCUT2D eigenvalue weighted by Gasteiger charge is -2.20. The molecule has 2 unspecified atom stereocenters. The van der Waals surface area contributed by atoms with E-state index >= 15 is 0 Å². The second kappa shape index (κ2) is 11.5. The molecule has 7 heteroatoms. The van der Waals surface area contributed by atoms with Gasteiger partial charge in [0.25, 0.3) is 0 Å². The van der Waals surface area contributed by atoms with Gasteiger partial charge >= 0.3 is 6.09 Å². The predicted octanol–water partition coefficient (Wildman–Crippen LogP) is 3.46. The Hall–Kier alpha value is -3.86. The first-order valence-corrected chi connectivity index (χ1v) is 10.1. The third-order valence-corrected chi connectivity index (χ3v) is 4.74. The van der Waals surface area contributed by atoms with Crippen LogP contribution in [0.15, 0.2) is 78.9 Å². The summed E-state index contributed by atoms with van der Waals surface area (Å²) >= 11 is 0. The van der Waals surface area contributed by atoms with Gasteiger partial charge in [-0.05, 0) is 28.8 Å². The fraction of sp³-hybridized carbons (Fsp3) is 0.200. The lowest BCUT2D eigenvalue weighted by atomic mass is 10.0. The van der Waals surface area contributed by atoms with Crippen molar-refractivity contribution in [2.45, 2.75) is 25.4 Å². The number of alkyl carbamates (subject to hydrolysis) is 1. The Morgan fingerprint density at radius 3 is 2.19 bits per heavy atom. The standard InChI is InChI=1S/C25H24N2O5/c26-14-21-12-11-20(13-23(21)31-16-18-7-3-1-4-8-18)24(29)22(28)15-27-25(30)32-17-19-9-5-2-6-10-19/h1-13,22,24,28-29H,15-17H2,(H,27,30). The lowest BCUT2D eigenvalue weighted by Crippen LogP contribution is -2.35. The molecule has 3 aromatic rings. The summed E-state index contributed by atoms with van der Waals surface area (Å²) < 4.78 is 10.8. The third kappa shape index (κ3) is 6.57. The summed E-state index contributed by atoms with van der Waals surface area (Å²) in [4.78, 5) is 11.9. The number of nitriles is 1. The normalized spacial score (nSPS) is 12.3. The maximum absolute atomic E-state index is 11.9. The largest absolute Gasteiger partial charge is 0.488 e. The number of carbonyl (C=O) groups excluding carboxylic acids is 1. The SMILES string of the molecule is N#Cc1ccc(C(O)C(O)CNC(=O)OCc2ccccc2)cc1OCc1ccccc1. The van der Waals surface area contributed by atoms with Crippen molar-refractivity contribution in [1.29, 1.82) is 5.26 Å². The zero-order valence-electron chi connectivity index (χ0n) is 17.3. The zero-order chi connectivity index (χ0) is 22.8. The molecule has 0 aliphatic heterocycles. The van der Waals surface area contributed by atoms with Crippen LogP contribution in [0.2, 0.25) is 0 Å². The number of hydrogen-bond donors (Lipinski definition) is 3. The minimum absolute atomic E-state index is 0.100.